The van der Waals surface area contributed by atoms with E-state index in [2.05, 4.69) is 11.8 Å². The number of rotatable bonds is 5. The minimum absolute atomic E-state index is 0.0229. The van der Waals surface area contributed by atoms with Crippen LogP contribution in [0.25, 0.3) is 0 Å². The predicted octanol–water partition coefficient (Wildman–Crippen LogP) is 2.57. The Balaban J connectivity index is 1.83. The molecule has 0 radical (unpaired) electrons. The molecule has 3 nitrogen and oxygen atoms in total. The van der Waals surface area contributed by atoms with Crippen LogP contribution in [-0.4, -0.2) is 43.9 Å². The molecule has 2 rings (SSSR count). The second-order valence-corrected chi connectivity index (χ2v) is 5.20. The molecule has 1 aromatic rings. The summed E-state index contributed by atoms with van der Waals surface area (Å²) in [6.45, 7) is 6.24. The number of likely N-dealkylation sites (tertiary alicyclic amines) is 1. The Morgan fingerprint density at radius 1 is 1.17 bits per heavy atom. The summed E-state index contributed by atoms with van der Waals surface area (Å²) in [6, 6.07) is 10.1. The van der Waals surface area contributed by atoms with Crippen molar-refractivity contribution in [2.24, 2.45) is 0 Å². The Morgan fingerprint density at radius 2 is 1.83 bits per heavy atom. The molecule has 1 heterocycles. The predicted molar refractivity (Wildman–Crippen MR) is 73.0 cm³/mol. The molecule has 3 heteroatoms. The zero-order valence-corrected chi connectivity index (χ0v) is 11.4. The van der Waals surface area contributed by atoms with Gasteiger partial charge in [-0.05, 0) is 31.9 Å². The topological polar surface area (TPSA) is 21.7 Å². The Bertz CT molecular complexity index is 345. The highest BCUT2D eigenvalue weighted by Gasteiger charge is 2.31. The standard InChI is InChI=1S/C15H23NO2/c1-15(18-14-6-4-3-5-7-14)8-10-16(11-9-15)12-13-17-2/h3-7H,8-13H2,1-2H3. The zero-order valence-electron chi connectivity index (χ0n) is 11.4. The minimum Gasteiger partial charge on any atom is -0.487 e. The molecule has 0 aromatic heterocycles. The lowest BCUT2D eigenvalue weighted by Crippen LogP contribution is -2.46. The number of piperidine rings is 1. The molecule has 0 unspecified atom stereocenters. The van der Waals surface area contributed by atoms with Gasteiger partial charge in [-0.2, -0.15) is 0 Å². The SMILES string of the molecule is COCCN1CCC(C)(Oc2ccccc2)CC1. The first-order valence-electron chi connectivity index (χ1n) is 6.67. The second kappa shape index (κ2) is 6.21. The summed E-state index contributed by atoms with van der Waals surface area (Å²) >= 11 is 0. The molecule has 0 spiro atoms. The summed E-state index contributed by atoms with van der Waals surface area (Å²) in [5, 5.41) is 0. The maximum Gasteiger partial charge on any atom is 0.120 e. The number of methoxy groups -OCH3 is 1. The molecule has 1 aliphatic rings. The van der Waals surface area contributed by atoms with Gasteiger partial charge in [0.1, 0.15) is 11.4 Å². The maximum atomic E-state index is 6.14. The van der Waals surface area contributed by atoms with Crippen molar-refractivity contribution in [3.05, 3.63) is 30.3 Å². The van der Waals surface area contributed by atoms with E-state index >= 15 is 0 Å². The van der Waals surface area contributed by atoms with E-state index in [0.29, 0.717) is 0 Å². The molecule has 1 fully saturated rings. The van der Waals surface area contributed by atoms with Crippen molar-refractivity contribution in [1.82, 2.24) is 4.90 Å². The molecule has 0 aliphatic carbocycles. The molecule has 1 aliphatic heterocycles. The van der Waals surface area contributed by atoms with Crippen LogP contribution in [0.4, 0.5) is 0 Å². The number of nitrogens with zero attached hydrogens (tertiary/aromatic N) is 1. The summed E-state index contributed by atoms with van der Waals surface area (Å²) in [5.41, 5.74) is -0.0229. The zero-order chi connectivity index (χ0) is 12.8. The monoisotopic (exact) mass is 249 g/mol. The molecule has 100 valence electrons. The fourth-order valence-electron chi connectivity index (χ4n) is 2.35. The molecule has 1 aromatic carbocycles. The van der Waals surface area contributed by atoms with Gasteiger partial charge in [0.2, 0.25) is 0 Å². The van der Waals surface area contributed by atoms with Crippen molar-refractivity contribution in [3.8, 4) is 5.75 Å². The van der Waals surface area contributed by atoms with E-state index in [4.69, 9.17) is 9.47 Å². The number of benzene rings is 1. The van der Waals surface area contributed by atoms with Gasteiger partial charge in [0.25, 0.3) is 0 Å². The van der Waals surface area contributed by atoms with Crippen LogP contribution in [0.2, 0.25) is 0 Å². The van der Waals surface area contributed by atoms with Crippen LogP contribution >= 0.6 is 0 Å². The highest BCUT2D eigenvalue weighted by atomic mass is 16.5. The van der Waals surface area contributed by atoms with E-state index in [1.54, 1.807) is 7.11 Å². The number of hydrogen-bond acceptors (Lipinski definition) is 3. The lowest BCUT2D eigenvalue weighted by Gasteiger charge is -2.39. The van der Waals surface area contributed by atoms with Crippen molar-refractivity contribution in [1.29, 1.82) is 0 Å². The molecule has 0 atom stereocenters. The van der Waals surface area contributed by atoms with Crippen LogP contribution in [-0.2, 0) is 4.74 Å². The molecule has 0 saturated carbocycles. The van der Waals surface area contributed by atoms with E-state index in [1.807, 2.05) is 30.3 Å². The number of ether oxygens (including phenoxy) is 2. The quantitative estimate of drug-likeness (QED) is 0.800. The highest BCUT2D eigenvalue weighted by Crippen LogP contribution is 2.28. The average Bonchev–Trinajstić information content (AvgIpc) is 2.39. The first-order valence-corrected chi connectivity index (χ1v) is 6.67. The van der Waals surface area contributed by atoms with E-state index in [9.17, 15) is 0 Å². The van der Waals surface area contributed by atoms with Gasteiger partial charge in [-0.3, -0.25) is 0 Å². The van der Waals surface area contributed by atoms with Crippen LogP contribution < -0.4 is 4.74 Å². The van der Waals surface area contributed by atoms with Gasteiger partial charge in [-0.1, -0.05) is 18.2 Å². The third-order valence-electron chi connectivity index (χ3n) is 3.63. The van der Waals surface area contributed by atoms with Crippen LogP contribution in [0, 0.1) is 0 Å². The molecule has 0 N–H and O–H groups in total. The second-order valence-electron chi connectivity index (χ2n) is 5.20. The van der Waals surface area contributed by atoms with Gasteiger partial charge in [-0.25, -0.2) is 0 Å². The Morgan fingerprint density at radius 3 is 2.44 bits per heavy atom. The lowest BCUT2D eigenvalue weighted by atomic mass is 9.93. The Hall–Kier alpha value is -1.06. The summed E-state index contributed by atoms with van der Waals surface area (Å²) in [5.74, 6) is 0.977. The fourth-order valence-corrected chi connectivity index (χ4v) is 2.35. The molecule has 1 saturated heterocycles. The first-order chi connectivity index (χ1) is 8.72. The minimum atomic E-state index is -0.0229. The smallest absolute Gasteiger partial charge is 0.120 e. The van der Waals surface area contributed by atoms with Gasteiger partial charge < -0.3 is 14.4 Å². The summed E-state index contributed by atoms with van der Waals surface area (Å²) < 4.78 is 11.3. The van der Waals surface area contributed by atoms with Crippen molar-refractivity contribution in [3.63, 3.8) is 0 Å². The van der Waals surface area contributed by atoms with Crippen molar-refractivity contribution in [2.45, 2.75) is 25.4 Å². The maximum absolute atomic E-state index is 6.14. The molecule has 18 heavy (non-hydrogen) atoms. The van der Waals surface area contributed by atoms with Gasteiger partial charge in [0, 0.05) is 26.7 Å². The van der Waals surface area contributed by atoms with E-state index in [1.165, 1.54) is 0 Å². The first kappa shape index (κ1) is 13.4. The van der Waals surface area contributed by atoms with Crippen molar-refractivity contribution >= 4 is 0 Å². The van der Waals surface area contributed by atoms with Gasteiger partial charge in [0.05, 0.1) is 6.61 Å². The largest absolute Gasteiger partial charge is 0.487 e. The normalized spacial score (nSPS) is 19.7. The molecular weight excluding hydrogens is 226 g/mol. The summed E-state index contributed by atoms with van der Waals surface area (Å²) in [4.78, 5) is 2.44. The third-order valence-corrected chi connectivity index (χ3v) is 3.63. The van der Waals surface area contributed by atoms with E-state index in [0.717, 1.165) is 44.8 Å². The lowest BCUT2D eigenvalue weighted by molar-refractivity contribution is 0.0102. The number of hydrogen-bond donors (Lipinski definition) is 0. The van der Waals surface area contributed by atoms with E-state index < -0.39 is 0 Å². The Labute approximate surface area is 110 Å². The van der Waals surface area contributed by atoms with Crippen LogP contribution in [0.1, 0.15) is 19.8 Å². The fraction of sp³-hybridized carbons (Fsp3) is 0.600. The summed E-state index contributed by atoms with van der Waals surface area (Å²) in [7, 11) is 1.76. The van der Waals surface area contributed by atoms with Gasteiger partial charge in [0.15, 0.2) is 0 Å². The third kappa shape index (κ3) is 3.72. The van der Waals surface area contributed by atoms with E-state index in [-0.39, 0.29) is 5.60 Å². The van der Waals surface area contributed by atoms with Crippen molar-refractivity contribution in [2.75, 3.05) is 33.4 Å². The Kier molecular flexibility index (Phi) is 4.61. The highest BCUT2D eigenvalue weighted by molar-refractivity contribution is 5.22. The molecular formula is C15H23NO2. The van der Waals surface area contributed by atoms with Crippen LogP contribution in [0.5, 0.6) is 5.75 Å². The summed E-state index contributed by atoms with van der Waals surface area (Å²) in [6.07, 6.45) is 2.15. The molecule has 0 bridgehead atoms. The van der Waals surface area contributed by atoms with Gasteiger partial charge >= 0.3 is 0 Å². The number of para-hydroxylation sites is 1. The van der Waals surface area contributed by atoms with Crippen molar-refractivity contribution < 1.29 is 9.47 Å². The van der Waals surface area contributed by atoms with Crippen LogP contribution in [0.3, 0.4) is 0 Å². The van der Waals surface area contributed by atoms with Crippen LogP contribution in [0.15, 0.2) is 30.3 Å². The molecule has 0 amide bonds. The van der Waals surface area contributed by atoms with Gasteiger partial charge in [-0.15, -0.1) is 0 Å². The average molecular weight is 249 g/mol.